The number of nitrogens with one attached hydrogen (secondary N) is 1. The summed E-state index contributed by atoms with van der Waals surface area (Å²) in [4.78, 5) is 40.5. The highest BCUT2D eigenvalue weighted by molar-refractivity contribution is 6.30. The van der Waals surface area contributed by atoms with Crippen LogP contribution < -0.4 is 27.2 Å². The summed E-state index contributed by atoms with van der Waals surface area (Å²) in [5.41, 5.74) is 5.95. The molecule has 0 bridgehead atoms. The molecule has 0 saturated carbocycles. The average molecular weight is 420 g/mol. The number of halogens is 1. The maximum absolute atomic E-state index is 13.1. The van der Waals surface area contributed by atoms with Crippen LogP contribution in [0.2, 0.25) is 5.02 Å². The largest absolute Gasteiger partial charge is 0.383 e. The van der Waals surface area contributed by atoms with Crippen LogP contribution in [-0.4, -0.2) is 28.1 Å². The van der Waals surface area contributed by atoms with Gasteiger partial charge >= 0.3 is 5.69 Å². The van der Waals surface area contributed by atoms with Crippen molar-refractivity contribution in [1.29, 1.82) is 0 Å². The van der Waals surface area contributed by atoms with E-state index in [2.05, 4.69) is 5.32 Å². The van der Waals surface area contributed by atoms with E-state index < -0.39 is 23.7 Å². The van der Waals surface area contributed by atoms with E-state index in [9.17, 15) is 14.4 Å². The van der Waals surface area contributed by atoms with Crippen LogP contribution in [0.25, 0.3) is 0 Å². The molecule has 3 rings (SSSR count). The van der Waals surface area contributed by atoms with Gasteiger partial charge in [0.15, 0.2) is 0 Å². The predicted octanol–water partition coefficient (Wildman–Crippen LogP) is 2.28. The zero-order chi connectivity index (χ0) is 21.0. The van der Waals surface area contributed by atoms with Crippen LogP contribution in [0.5, 0.6) is 0 Å². The van der Waals surface area contributed by atoms with Gasteiger partial charge in [0, 0.05) is 30.3 Å². The van der Waals surface area contributed by atoms with Crippen molar-refractivity contribution in [3.8, 4) is 0 Å². The van der Waals surface area contributed by atoms with E-state index >= 15 is 0 Å². The first-order valence-electron chi connectivity index (χ1n) is 9.86. The molecule has 8 nitrogen and oxygen atoms in total. The third-order valence-electron chi connectivity index (χ3n) is 4.97. The quantitative estimate of drug-likeness (QED) is 0.747. The zero-order valence-electron chi connectivity index (χ0n) is 16.5. The third kappa shape index (κ3) is 4.64. The van der Waals surface area contributed by atoms with Gasteiger partial charge in [-0.25, -0.2) is 9.36 Å². The first kappa shape index (κ1) is 21.0. The second-order valence-electron chi connectivity index (χ2n) is 7.17. The third-order valence-corrected chi connectivity index (χ3v) is 5.21. The van der Waals surface area contributed by atoms with Crippen molar-refractivity contribution in [2.45, 2.75) is 45.7 Å². The average Bonchev–Trinajstić information content (AvgIpc) is 2.69. The number of aromatic nitrogens is 2. The number of piperidine rings is 1. The molecule has 3 N–H and O–H groups in total. The van der Waals surface area contributed by atoms with Crippen molar-refractivity contribution in [3.63, 3.8) is 0 Å². The molecule has 1 aliphatic heterocycles. The van der Waals surface area contributed by atoms with Crippen LogP contribution in [0.1, 0.15) is 32.6 Å². The SMILES string of the molecule is CCCn1c(N)c(N2CCCCC2)c(=O)n(CC(=O)Nc2cccc(Cl)c2)c1=O. The normalized spacial score (nSPS) is 14.1. The summed E-state index contributed by atoms with van der Waals surface area (Å²) in [6.07, 6.45) is 3.69. The van der Waals surface area contributed by atoms with Crippen LogP contribution in [0.15, 0.2) is 33.9 Å². The molecule has 2 aromatic rings. The van der Waals surface area contributed by atoms with Crippen LogP contribution in [-0.2, 0) is 17.9 Å². The number of nitrogens with two attached hydrogens (primary N) is 1. The predicted molar refractivity (Wildman–Crippen MR) is 116 cm³/mol. The molecule has 1 amide bonds. The van der Waals surface area contributed by atoms with Crippen molar-refractivity contribution in [2.24, 2.45) is 0 Å². The molecule has 29 heavy (non-hydrogen) atoms. The number of nitrogen functional groups attached to an aromatic ring is 1. The molecule has 1 aromatic heterocycles. The summed E-state index contributed by atoms with van der Waals surface area (Å²) in [7, 11) is 0. The highest BCUT2D eigenvalue weighted by atomic mass is 35.5. The highest BCUT2D eigenvalue weighted by Crippen LogP contribution is 2.22. The molecule has 2 heterocycles. The smallest absolute Gasteiger partial charge is 0.333 e. The number of hydrogen-bond donors (Lipinski definition) is 2. The second kappa shape index (κ2) is 9.17. The number of benzene rings is 1. The number of carbonyl (C=O) groups excluding carboxylic acids is 1. The monoisotopic (exact) mass is 419 g/mol. The molecule has 0 atom stereocenters. The molecule has 1 fully saturated rings. The number of hydrogen-bond acceptors (Lipinski definition) is 5. The van der Waals surface area contributed by atoms with Gasteiger partial charge in [-0.3, -0.25) is 14.2 Å². The summed E-state index contributed by atoms with van der Waals surface area (Å²) >= 11 is 5.94. The molecule has 0 aliphatic carbocycles. The number of nitrogens with zero attached hydrogens (tertiary/aromatic N) is 3. The van der Waals surface area contributed by atoms with E-state index in [0.29, 0.717) is 42.5 Å². The summed E-state index contributed by atoms with van der Waals surface area (Å²) < 4.78 is 2.36. The fraction of sp³-hybridized carbons (Fsp3) is 0.450. The Morgan fingerprint density at radius 3 is 2.55 bits per heavy atom. The van der Waals surface area contributed by atoms with Crippen LogP contribution >= 0.6 is 11.6 Å². The van der Waals surface area contributed by atoms with E-state index in [0.717, 1.165) is 23.8 Å². The Morgan fingerprint density at radius 1 is 1.17 bits per heavy atom. The van der Waals surface area contributed by atoms with E-state index in [-0.39, 0.29) is 5.82 Å². The lowest BCUT2D eigenvalue weighted by molar-refractivity contribution is -0.116. The summed E-state index contributed by atoms with van der Waals surface area (Å²) in [5.74, 6) is -0.306. The van der Waals surface area contributed by atoms with Gasteiger partial charge in [-0.2, -0.15) is 0 Å². The summed E-state index contributed by atoms with van der Waals surface area (Å²) in [6, 6.07) is 6.68. The molecule has 0 spiro atoms. The summed E-state index contributed by atoms with van der Waals surface area (Å²) in [5, 5.41) is 3.15. The molecule has 0 radical (unpaired) electrons. The number of amides is 1. The molecular formula is C20H26ClN5O3. The summed E-state index contributed by atoms with van der Waals surface area (Å²) in [6.45, 7) is 3.32. The minimum atomic E-state index is -0.573. The first-order chi connectivity index (χ1) is 13.9. The van der Waals surface area contributed by atoms with Crippen LogP contribution in [0, 0.1) is 0 Å². The second-order valence-corrected chi connectivity index (χ2v) is 7.60. The van der Waals surface area contributed by atoms with Crippen molar-refractivity contribution < 1.29 is 4.79 Å². The number of anilines is 3. The topological polar surface area (TPSA) is 102 Å². The molecular weight excluding hydrogens is 394 g/mol. The standard InChI is InChI=1S/C20H26ClN5O3/c1-2-9-25-18(22)17(24-10-4-3-5-11-24)19(28)26(20(25)29)13-16(27)23-15-8-6-7-14(21)12-15/h6-8,12H,2-5,9-11,13,22H2,1H3,(H,23,27). The molecule has 9 heteroatoms. The molecule has 0 unspecified atom stereocenters. The van der Waals surface area contributed by atoms with Gasteiger partial charge in [0.1, 0.15) is 18.1 Å². The van der Waals surface area contributed by atoms with Crippen LogP contribution in [0.4, 0.5) is 17.2 Å². The Morgan fingerprint density at radius 2 is 1.90 bits per heavy atom. The lowest BCUT2D eigenvalue weighted by atomic mass is 10.1. The van der Waals surface area contributed by atoms with E-state index in [1.165, 1.54) is 4.57 Å². The van der Waals surface area contributed by atoms with Crippen LogP contribution in [0.3, 0.4) is 0 Å². The van der Waals surface area contributed by atoms with Gasteiger partial charge in [0.2, 0.25) is 5.91 Å². The molecule has 1 saturated heterocycles. The zero-order valence-corrected chi connectivity index (χ0v) is 17.2. The van der Waals surface area contributed by atoms with Gasteiger partial charge in [-0.05, 0) is 43.9 Å². The Balaban J connectivity index is 1.98. The van der Waals surface area contributed by atoms with E-state index in [1.54, 1.807) is 24.3 Å². The fourth-order valence-corrected chi connectivity index (χ4v) is 3.80. The van der Waals surface area contributed by atoms with Gasteiger partial charge in [-0.15, -0.1) is 0 Å². The number of rotatable bonds is 6. The first-order valence-corrected chi connectivity index (χ1v) is 10.2. The van der Waals surface area contributed by atoms with Gasteiger partial charge in [0.05, 0.1) is 0 Å². The van der Waals surface area contributed by atoms with Crippen molar-refractivity contribution >= 4 is 34.7 Å². The van der Waals surface area contributed by atoms with E-state index in [4.69, 9.17) is 17.3 Å². The lowest BCUT2D eigenvalue weighted by Crippen LogP contribution is -2.47. The molecule has 1 aromatic carbocycles. The fourth-order valence-electron chi connectivity index (χ4n) is 3.61. The Bertz CT molecular complexity index is 1010. The Hall–Kier alpha value is -2.74. The lowest BCUT2D eigenvalue weighted by Gasteiger charge is -2.30. The number of carbonyl (C=O) groups is 1. The van der Waals surface area contributed by atoms with E-state index in [1.807, 2.05) is 11.8 Å². The van der Waals surface area contributed by atoms with Gasteiger partial charge in [0.25, 0.3) is 5.56 Å². The van der Waals surface area contributed by atoms with Gasteiger partial charge in [-0.1, -0.05) is 24.6 Å². The van der Waals surface area contributed by atoms with Gasteiger partial charge < -0.3 is 16.0 Å². The van der Waals surface area contributed by atoms with Crippen molar-refractivity contribution in [3.05, 3.63) is 50.1 Å². The van der Waals surface area contributed by atoms with Crippen molar-refractivity contribution in [1.82, 2.24) is 9.13 Å². The molecule has 1 aliphatic rings. The van der Waals surface area contributed by atoms with Crippen molar-refractivity contribution in [2.75, 3.05) is 29.0 Å². The maximum Gasteiger partial charge on any atom is 0.333 e. The Kier molecular flexibility index (Phi) is 6.64. The maximum atomic E-state index is 13.1. The Labute approximate surface area is 173 Å². The minimum absolute atomic E-state index is 0.176. The minimum Gasteiger partial charge on any atom is -0.383 e. The molecule has 156 valence electrons. The highest BCUT2D eigenvalue weighted by Gasteiger charge is 2.24.